The van der Waals surface area contributed by atoms with E-state index in [4.69, 9.17) is 20.8 Å². The minimum absolute atomic E-state index is 0.00949. The van der Waals surface area contributed by atoms with E-state index in [1.165, 1.54) is 13.2 Å². The summed E-state index contributed by atoms with van der Waals surface area (Å²) in [5.74, 6) is -1.06. The number of carbonyl (C=O) groups is 1. The number of alkyl halides is 3. The van der Waals surface area contributed by atoms with Crippen LogP contribution in [0.1, 0.15) is 16.2 Å². The summed E-state index contributed by atoms with van der Waals surface area (Å²) in [5.41, 5.74) is -1.13. The average molecular weight is 398 g/mol. The quantitative estimate of drug-likeness (QED) is 0.692. The first kappa shape index (κ1) is 18.7. The SMILES string of the molecule is COc1ccccc1-c1nnc(C(=O)Nc2ccc(Cl)cc2C(F)(F)F)o1. The van der Waals surface area contributed by atoms with Crippen molar-refractivity contribution in [3.05, 3.63) is 58.9 Å². The molecule has 1 aromatic heterocycles. The van der Waals surface area contributed by atoms with E-state index >= 15 is 0 Å². The molecule has 0 atom stereocenters. The highest BCUT2D eigenvalue weighted by atomic mass is 35.5. The number of benzene rings is 2. The lowest BCUT2D eigenvalue weighted by Crippen LogP contribution is -2.17. The minimum Gasteiger partial charge on any atom is -0.496 e. The van der Waals surface area contributed by atoms with Crippen LogP contribution in [0.15, 0.2) is 46.9 Å². The number of nitrogens with zero attached hydrogens (tertiary/aromatic N) is 2. The molecule has 6 nitrogen and oxygen atoms in total. The second-order valence-corrected chi connectivity index (χ2v) is 5.69. The number of amides is 1. The molecule has 1 N–H and O–H groups in total. The van der Waals surface area contributed by atoms with Gasteiger partial charge >= 0.3 is 18.0 Å². The van der Waals surface area contributed by atoms with Crippen molar-refractivity contribution in [3.63, 3.8) is 0 Å². The van der Waals surface area contributed by atoms with Crippen LogP contribution >= 0.6 is 11.6 Å². The molecule has 0 aliphatic heterocycles. The molecule has 0 aliphatic carbocycles. The zero-order valence-electron chi connectivity index (χ0n) is 13.7. The minimum atomic E-state index is -4.70. The number of rotatable bonds is 4. The first-order valence-electron chi connectivity index (χ1n) is 7.44. The number of hydrogen-bond acceptors (Lipinski definition) is 5. The van der Waals surface area contributed by atoms with E-state index in [2.05, 4.69) is 15.5 Å². The second kappa shape index (κ2) is 7.28. The summed E-state index contributed by atoms with van der Waals surface area (Å²) in [6.45, 7) is 0. The fourth-order valence-corrected chi connectivity index (χ4v) is 2.45. The Hall–Kier alpha value is -3.07. The van der Waals surface area contributed by atoms with Gasteiger partial charge in [-0.3, -0.25) is 4.79 Å². The molecule has 0 fully saturated rings. The van der Waals surface area contributed by atoms with Gasteiger partial charge in [0.2, 0.25) is 0 Å². The topological polar surface area (TPSA) is 77.2 Å². The largest absolute Gasteiger partial charge is 0.496 e. The van der Waals surface area contributed by atoms with E-state index in [1.54, 1.807) is 24.3 Å². The molecule has 0 radical (unpaired) electrons. The Balaban J connectivity index is 1.88. The highest BCUT2D eigenvalue weighted by Gasteiger charge is 2.34. The Morgan fingerprint density at radius 3 is 2.63 bits per heavy atom. The van der Waals surface area contributed by atoms with Gasteiger partial charge in [-0.25, -0.2) is 0 Å². The molecule has 10 heteroatoms. The fraction of sp³-hybridized carbons (Fsp3) is 0.118. The third-order valence-electron chi connectivity index (χ3n) is 3.49. The number of anilines is 1. The van der Waals surface area contributed by atoms with Gasteiger partial charge in [0.15, 0.2) is 0 Å². The predicted octanol–water partition coefficient (Wildman–Crippen LogP) is 4.67. The van der Waals surface area contributed by atoms with Gasteiger partial charge in [-0.15, -0.1) is 10.2 Å². The monoisotopic (exact) mass is 397 g/mol. The molecule has 0 unspecified atom stereocenters. The number of para-hydroxylation sites is 1. The van der Waals surface area contributed by atoms with Gasteiger partial charge in [0.05, 0.1) is 23.9 Å². The summed E-state index contributed by atoms with van der Waals surface area (Å²) < 4.78 is 49.8. The molecule has 0 bridgehead atoms. The van der Waals surface area contributed by atoms with Crippen LogP contribution in [0.2, 0.25) is 5.02 Å². The van der Waals surface area contributed by atoms with Crippen molar-refractivity contribution >= 4 is 23.2 Å². The Kier molecular flexibility index (Phi) is 5.04. The van der Waals surface area contributed by atoms with E-state index in [9.17, 15) is 18.0 Å². The number of aromatic nitrogens is 2. The average Bonchev–Trinajstić information content (AvgIpc) is 3.12. The zero-order chi connectivity index (χ0) is 19.6. The van der Waals surface area contributed by atoms with E-state index in [1.807, 2.05) is 0 Å². The molecule has 0 saturated carbocycles. The lowest BCUT2D eigenvalue weighted by molar-refractivity contribution is -0.136. The van der Waals surface area contributed by atoms with Crippen molar-refractivity contribution in [3.8, 4) is 17.2 Å². The Morgan fingerprint density at radius 1 is 1.19 bits per heavy atom. The first-order valence-corrected chi connectivity index (χ1v) is 7.82. The van der Waals surface area contributed by atoms with Crippen molar-refractivity contribution in [2.45, 2.75) is 6.18 Å². The number of methoxy groups -OCH3 is 1. The van der Waals surface area contributed by atoms with Crippen molar-refractivity contribution < 1.29 is 27.1 Å². The van der Waals surface area contributed by atoms with Gasteiger partial charge in [0.1, 0.15) is 5.75 Å². The Morgan fingerprint density at radius 2 is 1.93 bits per heavy atom. The predicted molar refractivity (Wildman–Crippen MR) is 90.7 cm³/mol. The van der Waals surface area contributed by atoms with Gasteiger partial charge in [0, 0.05) is 5.02 Å². The molecule has 1 heterocycles. The lowest BCUT2D eigenvalue weighted by Gasteiger charge is -2.13. The number of carbonyl (C=O) groups excluding carboxylic acids is 1. The molecule has 3 aromatic rings. The molecule has 0 spiro atoms. The smallest absolute Gasteiger partial charge is 0.418 e. The van der Waals surface area contributed by atoms with E-state index in [-0.39, 0.29) is 10.9 Å². The molecule has 27 heavy (non-hydrogen) atoms. The summed E-state index contributed by atoms with van der Waals surface area (Å²) in [6, 6.07) is 9.69. The molecular weight excluding hydrogens is 387 g/mol. The number of ether oxygens (including phenoxy) is 1. The summed E-state index contributed by atoms with van der Waals surface area (Å²) in [4.78, 5) is 12.2. The summed E-state index contributed by atoms with van der Waals surface area (Å²) in [6.07, 6.45) is -4.70. The van der Waals surface area contributed by atoms with E-state index in [0.29, 0.717) is 17.4 Å². The fourth-order valence-electron chi connectivity index (χ4n) is 2.28. The maximum Gasteiger partial charge on any atom is 0.418 e. The third-order valence-corrected chi connectivity index (χ3v) is 3.73. The highest BCUT2D eigenvalue weighted by molar-refractivity contribution is 6.30. The van der Waals surface area contributed by atoms with Crippen LogP contribution in [0.3, 0.4) is 0 Å². The summed E-state index contributed by atoms with van der Waals surface area (Å²) >= 11 is 5.61. The van der Waals surface area contributed by atoms with Crippen LogP contribution in [0.4, 0.5) is 18.9 Å². The van der Waals surface area contributed by atoms with Crippen molar-refractivity contribution in [2.24, 2.45) is 0 Å². The van der Waals surface area contributed by atoms with Crippen LogP contribution < -0.4 is 10.1 Å². The Labute approximate surface area is 155 Å². The third kappa shape index (κ3) is 4.03. The van der Waals surface area contributed by atoms with Gasteiger partial charge in [-0.1, -0.05) is 23.7 Å². The van der Waals surface area contributed by atoms with Crippen LogP contribution in [0.25, 0.3) is 11.5 Å². The number of nitrogens with one attached hydrogen (secondary N) is 1. The van der Waals surface area contributed by atoms with Crippen molar-refractivity contribution in [2.75, 3.05) is 12.4 Å². The first-order chi connectivity index (χ1) is 12.8. The lowest BCUT2D eigenvalue weighted by atomic mass is 10.1. The van der Waals surface area contributed by atoms with Crippen molar-refractivity contribution in [1.29, 1.82) is 0 Å². The van der Waals surface area contributed by atoms with Crippen molar-refractivity contribution in [1.82, 2.24) is 10.2 Å². The van der Waals surface area contributed by atoms with E-state index < -0.39 is 29.2 Å². The van der Waals surface area contributed by atoms with Gasteiger partial charge in [0.25, 0.3) is 5.89 Å². The molecule has 0 aliphatic rings. The summed E-state index contributed by atoms with van der Waals surface area (Å²) in [7, 11) is 1.45. The molecule has 1 amide bonds. The van der Waals surface area contributed by atoms with Crippen LogP contribution in [-0.4, -0.2) is 23.2 Å². The normalized spacial score (nSPS) is 11.3. The summed E-state index contributed by atoms with van der Waals surface area (Å²) in [5, 5.41) is 9.32. The maximum absolute atomic E-state index is 13.1. The number of hydrogen-bond donors (Lipinski definition) is 1. The maximum atomic E-state index is 13.1. The number of halogens is 4. The zero-order valence-corrected chi connectivity index (χ0v) is 14.4. The Bertz CT molecular complexity index is 989. The standard InChI is InChI=1S/C17H11ClF3N3O3/c1-26-13-5-3-2-4-10(13)15-23-24-16(27-15)14(25)22-12-7-6-9(18)8-11(12)17(19,20)21/h2-8H,1H3,(H,22,25). The molecule has 140 valence electrons. The van der Waals surface area contributed by atoms with E-state index in [0.717, 1.165) is 6.07 Å². The van der Waals surface area contributed by atoms with Gasteiger partial charge < -0.3 is 14.5 Å². The van der Waals surface area contributed by atoms with Gasteiger partial charge in [-0.2, -0.15) is 13.2 Å². The highest BCUT2D eigenvalue weighted by Crippen LogP contribution is 2.36. The molecule has 2 aromatic carbocycles. The van der Waals surface area contributed by atoms with Crippen LogP contribution in [0.5, 0.6) is 5.75 Å². The second-order valence-electron chi connectivity index (χ2n) is 5.25. The van der Waals surface area contributed by atoms with Crippen LogP contribution in [-0.2, 0) is 6.18 Å². The van der Waals surface area contributed by atoms with Gasteiger partial charge in [-0.05, 0) is 30.3 Å². The molecular formula is C17H11ClF3N3O3. The molecule has 3 rings (SSSR count). The molecule has 0 saturated heterocycles. The van der Waals surface area contributed by atoms with Crippen LogP contribution in [0, 0.1) is 0 Å².